The van der Waals surface area contributed by atoms with Crippen molar-refractivity contribution in [3.8, 4) is 0 Å². The van der Waals surface area contributed by atoms with Crippen molar-refractivity contribution in [3.63, 3.8) is 0 Å². The lowest BCUT2D eigenvalue weighted by molar-refractivity contribution is 0.625. The summed E-state index contributed by atoms with van der Waals surface area (Å²) in [5.41, 5.74) is 2.51. The van der Waals surface area contributed by atoms with E-state index in [1.165, 1.54) is 11.1 Å². The zero-order valence-corrected chi connectivity index (χ0v) is 12.0. The molecule has 17 heavy (non-hydrogen) atoms. The van der Waals surface area contributed by atoms with Crippen LogP contribution in [0.2, 0.25) is 0 Å². The van der Waals surface area contributed by atoms with Crippen LogP contribution in [-0.4, -0.2) is 22.3 Å². The highest BCUT2D eigenvalue weighted by atomic mass is 32.2. The van der Waals surface area contributed by atoms with Crippen LogP contribution in [-0.2, 0) is 10.8 Å². The van der Waals surface area contributed by atoms with Gasteiger partial charge in [0.2, 0.25) is 0 Å². The molecule has 0 amide bonds. The highest BCUT2D eigenvalue weighted by Gasteiger charge is 2.17. The molecule has 0 aliphatic carbocycles. The van der Waals surface area contributed by atoms with E-state index in [2.05, 4.69) is 38.2 Å². The Labute approximate surface area is 107 Å². The fraction of sp³-hybridized carbons (Fsp3) is 0.571. The molecule has 3 unspecified atom stereocenters. The summed E-state index contributed by atoms with van der Waals surface area (Å²) in [4.78, 5) is 0. The Morgan fingerprint density at radius 2 is 2.00 bits per heavy atom. The summed E-state index contributed by atoms with van der Waals surface area (Å²) >= 11 is 0. The SMILES string of the molecule is CCC(C)S(=O)CC(NC)c1ccccc1C. The molecule has 0 fully saturated rings. The summed E-state index contributed by atoms with van der Waals surface area (Å²) in [6.07, 6.45) is 0.969. The van der Waals surface area contributed by atoms with Crippen molar-refractivity contribution >= 4 is 10.8 Å². The van der Waals surface area contributed by atoms with E-state index >= 15 is 0 Å². The molecular formula is C14H23NOS. The number of aryl methyl sites for hydroxylation is 1. The van der Waals surface area contributed by atoms with Crippen LogP contribution in [0.5, 0.6) is 0 Å². The number of benzene rings is 1. The van der Waals surface area contributed by atoms with Gasteiger partial charge in [0.15, 0.2) is 0 Å². The Morgan fingerprint density at radius 3 is 2.53 bits per heavy atom. The normalized spacial score (nSPS) is 16.5. The second kappa shape index (κ2) is 6.92. The Kier molecular flexibility index (Phi) is 5.86. The predicted molar refractivity (Wildman–Crippen MR) is 75.7 cm³/mol. The maximum Gasteiger partial charge on any atom is 0.0437 e. The number of hydrogen-bond donors (Lipinski definition) is 1. The van der Waals surface area contributed by atoms with Crippen LogP contribution >= 0.6 is 0 Å². The number of hydrogen-bond acceptors (Lipinski definition) is 2. The largest absolute Gasteiger partial charge is 0.312 e. The maximum absolute atomic E-state index is 12.1. The molecule has 0 aliphatic rings. The molecule has 0 heterocycles. The Balaban J connectivity index is 2.79. The van der Waals surface area contributed by atoms with Gasteiger partial charge in [-0.2, -0.15) is 0 Å². The molecule has 0 aromatic heterocycles. The molecule has 0 radical (unpaired) electrons. The van der Waals surface area contributed by atoms with Crippen LogP contribution in [0, 0.1) is 6.92 Å². The van der Waals surface area contributed by atoms with Gasteiger partial charge in [0, 0.05) is 27.8 Å². The Hall–Kier alpha value is -0.670. The summed E-state index contributed by atoms with van der Waals surface area (Å²) in [6, 6.07) is 8.48. The van der Waals surface area contributed by atoms with Crippen LogP contribution in [0.25, 0.3) is 0 Å². The molecule has 96 valence electrons. The first-order chi connectivity index (χ1) is 8.10. The minimum absolute atomic E-state index is 0.186. The first-order valence-corrected chi connectivity index (χ1v) is 7.58. The zero-order chi connectivity index (χ0) is 12.8. The molecule has 1 aromatic rings. The number of rotatable bonds is 6. The molecule has 1 rings (SSSR count). The van der Waals surface area contributed by atoms with Crippen LogP contribution in [0.4, 0.5) is 0 Å². The lowest BCUT2D eigenvalue weighted by Gasteiger charge is -2.20. The average Bonchev–Trinajstić information content (AvgIpc) is 2.35. The van der Waals surface area contributed by atoms with Crippen molar-refractivity contribution in [1.82, 2.24) is 5.32 Å². The molecule has 0 saturated carbocycles. The highest BCUT2D eigenvalue weighted by molar-refractivity contribution is 7.85. The van der Waals surface area contributed by atoms with Crippen LogP contribution in [0.3, 0.4) is 0 Å². The summed E-state index contributed by atoms with van der Waals surface area (Å²) in [5.74, 6) is 0.691. The van der Waals surface area contributed by atoms with E-state index in [1.54, 1.807) is 0 Å². The third-order valence-corrected chi connectivity index (χ3v) is 5.16. The van der Waals surface area contributed by atoms with Gasteiger partial charge in [0.05, 0.1) is 0 Å². The van der Waals surface area contributed by atoms with Gasteiger partial charge in [-0.15, -0.1) is 0 Å². The summed E-state index contributed by atoms with van der Waals surface area (Å²) in [6.45, 7) is 6.25. The molecule has 0 bridgehead atoms. The van der Waals surface area contributed by atoms with Gasteiger partial charge in [-0.1, -0.05) is 38.1 Å². The van der Waals surface area contributed by atoms with E-state index < -0.39 is 10.8 Å². The standard InChI is InChI=1S/C14H23NOS/c1-5-12(3)17(16)10-14(15-4)13-9-7-6-8-11(13)2/h6-9,12,14-15H,5,10H2,1-4H3. The van der Waals surface area contributed by atoms with Crippen molar-refractivity contribution in [2.24, 2.45) is 0 Å². The van der Waals surface area contributed by atoms with E-state index in [9.17, 15) is 4.21 Å². The van der Waals surface area contributed by atoms with E-state index in [0.29, 0.717) is 5.75 Å². The first kappa shape index (κ1) is 14.4. The van der Waals surface area contributed by atoms with Crippen LogP contribution in [0.1, 0.15) is 37.4 Å². The van der Waals surface area contributed by atoms with Crippen molar-refractivity contribution in [1.29, 1.82) is 0 Å². The van der Waals surface area contributed by atoms with Crippen molar-refractivity contribution in [3.05, 3.63) is 35.4 Å². The van der Waals surface area contributed by atoms with Gasteiger partial charge >= 0.3 is 0 Å². The topological polar surface area (TPSA) is 29.1 Å². The molecule has 1 N–H and O–H groups in total. The number of nitrogens with one attached hydrogen (secondary N) is 1. The quantitative estimate of drug-likeness (QED) is 0.844. The van der Waals surface area contributed by atoms with E-state index in [4.69, 9.17) is 0 Å². The van der Waals surface area contributed by atoms with Gasteiger partial charge in [-0.3, -0.25) is 4.21 Å². The van der Waals surface area contributed by atoms with Crippen molar-refractivity contribution in [2.45, 2.75) is 38.5 Å². The molecule has 1 aromatic carbocycles. The zero-order valence-electron chi connectivity index (χ0n) is 11.2. The molecule has 0 aliphatic heterocycles. The Morgan fingerprint density at radius 1 is 1.35 bits per heavy atom. The van der Waals surface area contributed by atoms with E-state index in [0.717, 1.165) is 6.42 Å². The fourth-order valence-electron chi connectivity index (χ4n) is 1.82. The monoisotopic (exact) mass is 253 g/mol. The van der Waals surface area contributed by atoms with Gasteiger partial charge in [0.1, 0.15) is 0 Å². The van der Waals surface area contributed by atoms with Crippen molar-refractivity contribution < 1.29 is 4.21 Å². The summed E-state index contributed by atoms with van der Waals surface area (Å²) in [7, 11) is 1.17. The second-order valence-electron chi connectivity index (χ2n) is 4.46. The molecular weight excluding hydrogens is 230 g/mol. The predicted octanol–water partition coefficient (Wildman–Crippen LogP) is 2.80. The molecule has 0 saturated heterocycles. The van der Waals surface area contributed by atoms with Gasteiger partial charge < -0.3 is 5.32 Å². The van der Waals surface area contributed by atoms with E-state index in [1.807, 2.05) is 19.2 Å². The third-order valence-electron chi connectivity index (χ3n) is 3.27. The van der Waals surface area contributed by atoms with Crippen LogP contribution in [0.15, 0.2) is 24.3 Å². The van der Waals surface area contributed by atoms with Crippen LogP contribution < -0.4 is 5.32 Å². The summed E-state index contributed by atoms with van der Waals surface area (Å²) in [5, 5.41) is 3.55. The molecule has 0 spiro atoms. The molecule has 2 nitrogen and oxygen atoms in total. The van der Waals surface area contributed by atoms with Gasteiger partial charge in [0.25, 0.3) is 0 Å². The maximum atomic E-state index is 12.1. The van der Waals surface area contributed by atoms with Gasteiger partial charge in [-0.25, -0.2) is 0 Å². The highest BCUT2D eigenvalue weighted by Crippen LogP contribution is 2.19. The lowest BCUT2D eigenvalue weighted by Crippen LogP contribution is -2.26. The van der Waals surface area contributed by atoms with E-state index in [-0.39, 0.29) is 11.3 Å². The fourth-order valence-corrected chi connectivity index (χ4v) is 3.20. The third kappa shape index (κ3) is 3.93. The average molecular weight is 253 g/mol. The molecule has 3 atom stereocenters. The minimum atomic E-state index is -0.766. The smallest absolute Gasteiger partial charge is 0.0437 e. The lowest BCUT2D eigenvalue weighted by atomic mass is 10.0. The second-order valence-corrected chi connectivity index (χ2v) is 6.36. The minimum Gasteiger partial charge on any atom is -0.312 e. The first-order valence-electron chi connectivity index (χ1n) is 6.20. The van der Waals surface area contributed by atoms with Gasteiger partial charge in [-0.05, 0) is 31.5 Å². The Bertz CT molecular complexity index is 378. The van der Waals surface area contributed by atoms with Crippen molar-refractivity contribution in [2.75, 3.05) is 12.8 Å². The molecule has 3 heteroatoms. The summed E-state index contributed by atoms with van der Waals surface area (Å²) < 4.78 is 12.1.